The summed E-state index contributed by atoms with van der Waals surface area (Å²) < 4.78 is 5.45. The largest absolute Gasteiger partial charge is 0.481 e. The monoisotopic (exact) mass is 266 g/mol. The SMILES string of the molecule is C[C@@H](Oc1ccc(Cl)cc1)C(=O)Nc1ncn[nH]1. The number of carbonyl (C=O) groups is 1. The number of nitrogens with zero attached hydrogens (tertiary/aromatic N) is 2. The Labute approximate surface area is 108 Å². The maximum Gasteiger partial charge on any atom is 0.267 e. The highest BCUT2D eigenvalue weighted by atomic mass is 35.5. The molecule has 7 heteroatoms. The fourth-order valence-electron chi connectivity index (χ4n) is 1.25. The molecule has 1 atom stereocenters. The zero-order valence-electron chi connectivity index (χ0n) is 9.55. The molecule has 0 saturated carbocycles. The van der Waals surface area contributed by atoms with E-state index >= 15 is 0 Å². The summed E-state index contributed by atoms with van der Waals surface area (Å²) in [5.74, 6) is 0.535. The van der Waals surface area contributed by atoms with Gasteiger partial charge in [0, 0.05) is 5.02 Å². The first-order chi connectivity index (χ1) is 8.65. The summed E-state index contributed by atoms with van der Waals surface area (Å²) in [6.07, 6.45) is 0.650. The minimum atomic E-state index is -0.656. The molecular weight excluding hydrogens is 256 g/mol. The van der Waals surface area contributed by atoms with Gasteiger partial charge in [-0.3, -0.25) is 10.1 Å². The summed E-state index contributed by atoms with van der Waals surface area (Å²) in [6, 6.07) is 6.77. The number of anilines is 1. The van der Waals surface area contributed by atoms with E-state index in [0.717, 1.165) is 0 Å². The van der Waals surface area contributed by atoms with Crippen molar-refractivity contribution in [1.82, 2.24) is 15.2 Å². The second-order valence-electron chi connectivity index (χ2n) is 3.54. The second-order valence-corrected chi connectivity index (χ2v) is 3.97. The van der Waals surface area contributed by atoms with Crippen LogP contribution in [0.4, 0.5) is 5.95 Å². The molecule has 0 radical (unpaired) electrons. The zero-order valence-corrected chi connectivity index (χ0v) is 10.3. The fraction of sp³-hybridized carbons (Fsp3) is 0.182. The predicted molar refractivity (Wildman–Crippen MR) is 66.6 cm³/mol. The van der Waals surface area contributed by atoms with Gasteiger partial charge in [-0.2, -0.15) is 10.1 Å². The molecule has 6 nitrogen and oxygen atoms in total. The number of H-pyrrole nitrogens is 1. The average Bonchev–Trinajstić information content (AvgIpc) is 2.85. The van der Waals surface area contributed by atoms with E-state index < -0.39 is 6.10 Å². The van der Waals surface area contributed by atoms with Crippen LogP contribution in [-0.4, -0.2) is 27.2 Å². The van der Waals surface area contributed by atoms with Crippen LogP contribution in [-0.2, 0) is 4.79 Å². The van der Waals surface area contributed by atoms with Gasteiger partial charge in [0.05, 0.1) is 0 Å². The maximum absolute atomic E-state index is 11.7. The van der Waals surface area contributed by atoms with Crippen LogP contribution in [0.3, 0.4) is 0 Å². The Morgan fingerprint density at radius 3 is 2.78 bits per heavy atom. The van der Waals surface area contributed by atoms with Crippen molar-refractivity contribution < 1.29 is 9.53 Å². The number of amides is 1. The number of ether oxygens (including phenoxy) is 1. The summed E-state index contributed by atoms with van der Waals surface area (Å²) in [5, 5.41) is 9.30. The minimum Gasteiger partial charge on any atom is -0.481 e. The molecule has 1 heterocycles. The van der Waals surface area contributed by atoms with Crippen molar-refractivity contribution in [1.29, 1.82) is 0 Å². The Bertz CT molecular complexity index is 512. The zero-order chi connectivity index (χ0) is 13.0. The van der Waals surface area contributed by atoms with Crippen LogP contribution in [0.15, 0.2) is 30.6 Å². The minimum absolute atomic E-state index is 0.284. The molecule has 0 bridgehead atoms. The van der Waals surface area contributed by atoms with Crippen LogP contribution in [0.2, 0.25) is 5.02 Å². The Hall–Kier alpha value is -2.08. The second kappa shape index (κ2) is 5.50. The van der Waals surface area contributed by atoms with Gasteiger partial charge in [0.15, 0.2) is 6.10 Å². The molecule has 0 aliphatic heterocycles. The third-order valence-electron chi connectivity index (χ3n) is 2.15. The van der Waals surface area contributed by atoms with Gasteiger partial charge in [-0.25, -0.2) is 5.10 Å². The van der Waals surface area contributed by atoms with Gasteiger partial charge in [-0.15, -0.1) is 0 Å². The van der Waals surface area contributed by atoms with Crippen molar-refractivity contribution in [3.05, 3.63) is 35.6 Å². The molecule has 94 valence electrons. The molecule has 18 heavy (non-hydrogen) atoms. The number of benzene rings is 1. The third-order valence-corrected chi connectivity index (χ3v) is 2.40. The van der Waals surface area contributed by atoms with Gasteiger partial charge in [0.25, 0.3) is 5.91 Å². The molecule has 0 aliphatic carbocycles. The van der Waals surface area contributed by atoms with E-state index in [1.54, 1.807) is 31.2 Å². The Kier molecular flexibility index (Phi) is 3.78. The van der Waals surface area contributed by atoms with Crippen molar-refractivity contribution in [2.75, 3.05) is 5.32 Å². The molecule has 0 spiro atoms. The molecule has 0 fully saturated rings. The van der Waals surface area contributed by atoms with Crippen LogP contribution in [0.25, 0.3) is 0 Å². The first-order valence-corrected chi connectivity index (χ1v) is 5.61. The van der Waals surface area contributed by atoms with Gasteiger partial charge >= 0.3 is 0 Å². The lowest BCUT2D eigenvalue weighted by molar-refractivity contribution is -0.122. The van der Waals surface area contributed by atoms with Crippen molar-refractivity contribution in [2.24, 2.45) is 0 Å². The van der Waals surface area contributed by atoms with Gasteiger partial charge < -0.3 is 4.74 Å². The summed E-state index contributed by atoms with van der Waals surface area (Å²) >= 11 is 5.75. The van der Waals surface area contributed by atoms with E-state index in [-0.39, 0.29) is 11.9 Å². The number of carbonyl (C=O) groups excluding carboxylic acids is 1. The van der Waals surface area contributed by atoms with Crippen molar-refractivity contribution in [3.63, 3.8) is 0 Å². The highest BCUT2D eigenvalue weighted by molar-refractivity contribution is 6.30. The standard InChI is InChI=1S/C11H11ClN4O2/c1-7(10(17)15-11-13-6-14-16-11)18-9-4-2-8(12)3-5-9/h2-7H,1H3,(H2,13,14,15,16,17)/t7-/m1/s1. The maximum atomic E-state index is 11.7. The number of nitrogens with one attached hydrogen (secondary N) is 2. The fourth-order valence-corrected chi connectivity index (χ4v) is 1.38. The lowest BCUT2D eigenvalue weighted by atomic mass is 10.3. The van der Waals surface area contributed by atoms with Crippen LogP contribution in [0.5, 0.6) is 5.75 Å². The van der Waals surface area contributed by atoms with Crippen molar-refractivity contribution >= 4 is 23.5 Å². The smallest absolute Gasteiger partial charge is 0.267 e. The van der Waals surface area contributed by atoms with E-state index in [2.05, 4.69) is 20.5 Å². The van der Waals surface area contributed by atoms with Gasteiger partial charge in [-0.05, 0) is 31.2 Å². The highest BCUT2D eigenvalue weighted by Gasteiger charge is 2.15. The summed E-state index contributed by atoms with van der Waals surface area (Å²) in [4.78, 5) is 15.5. The predicted octanol–water partition coefficient (Wildman–Crippen LogP) is 1.86. The van der Waals surface area contributed by atoms with Crippen molar-refractivity contribution in [2.45, 2.75) is 13.0 Å². The molecule has 2 rings (SSSR count). The number of rotatable bonds is 4. The Morgan fingerprint density at radius 1 is 1.44 bits per heavy atom. The Balaban J connectivity index is 1.93. The number of hydrogen-bond acceptors (Lipinski definition) is 4. The van der Waals surface area contributed by atoms with E-state index in [1.807, 2.05) is 0 Å². The lowest BCUT2D eigenvalue weighted by Gasteiger charge is -2.13. The van der Waals surface area contributed by atoms with E-state index in [0.29, 0.717) is 10.8 Å². The van der Waals surface area contributed by atoms with Crippen molar-refractivity contribution in [3.8, 4) is 5.75 Å². The normalized spacial score (nSPS) is 11.9. The summed E-state index contributed by atoms with van der Waals surface area (Å²) in [7, 11) is 0. The van der Waals surface area contributed by atoms with Gasteiger partial charge in [0.1, 0.15) is 12.1 Å². The molecule has 0 saturated heterocycles. The van der Waals surface area contributed by atoms with Gasteiger partial charge in [-0.1, -0.05) is 11.6 Å². The molecule has 2 aromatic rings. The lowest BCUT2D eigenvalue weighted by Crippen LogP contribution is -2.30. The topological polar surface area (TPSA) is 79.9 Å². The van der Waals surface area contributed by atoms with Gasteiger partial charge in [0.2, 0.25) is 5.95 Å². The van der Waals surface area contributed by atoms with E-state index in [1.165, 1.54) is 6.33 Å². The first-order valence-electron chi connectivity index (χ1n) is 5.23. The summed E-state index contributed by atoms with van der Waals surface area (Å²) in [6.45, 7) is 1.64. The molecule has 0 aliphatic rings. The number of halogens is 1. The molecular formula is C11H11ClN4O2. The molecule has 0 unspecified atom stereocenters. The molecule has 1 aromatic heterocycles. The van der Waals surface area contributed by atoms with E-state index in [9.17, 15) is 4.79 Å². The molecule has 2 N–H and O–H groups in total. The van der Waals surface area contributed by atoms with Crippen LogP contribution in [0, 0.1) is 0 Å². The average molecular weight is 267 g/mol. The summed E-state index contributed by atoms with van der Waals surface area (Å²) in [5.41, 5.74) is 0. The number of aromatic amines is 1. The molecule has 1 aromatic carbocycles. The third kappa shape index (κ3) is 3.21. The molecule has 1 amide bonds. The quantitative estimate of drug-likeness (QED) is 0.885. The number of aromatic nitrogens is 3. The van der Waals surface area contributed by atoms with E-state index in [4.69, 9.17) is 16.3 Å². The van der Waals surface area contributed by atoms with Crippen LogP contribution < -0.4 is 10.1 Å². The number of hydrogen-bond donors (Lipinski definition) is 2. The van der Waals surface area contributed by atoms with Crippen LogP contribution >= 0.6 is 11.6 Å². The Morgan fingerprint density at radius 2 is 2.17 bits per heavy atom. The highest BCUT2D eigenvalue weighted by Crippen LogP contribution is 2.17. The van der Waals surface area contributed by atoms with Crippen LogP contribution in [0.1, 0.15) is 6.92 Å². The first kappa shape index (κ1) is 12.4.